The standard InChI is InChI=1S/C15H15N7O2/c1-9-12(8-16-19-15-17-13(23)10(2)18-20-15)14(24)22(21-9)11-6-4-3-5-7-11/h3-8,16,21H,1H2,2H3,(H2,17,19,20,23). The quantitative estimate of drug-likeness (QED) is 0.443. The van der Waals surface area contributed by atoms with E-state index in [2.05, 4.69) is 37.7 Å². The number of aromatic amines is 2. The molecule has 9 nitrogen and oxygen atoms in total. The highest BCUT2D eigenvalue weighted by atomic mass is 16.1. The van der Waals surface area contributed by atoms with Crippen molar-refractivity contribution < 1.29 is 0 Å². The van der Waals surface area contributed by atoms with E-state index in [1.165, 1.54) is 10.9 Å². The molecule has 0 spiro atoms. The number of rotatable bonds is 4. The first-order chi connectivity index (χ1) is 11.6. The minimum absolute atomic E-state index is 0.131. The summed E-state index contributed by atoms with van der Waals surface area (Å²) in [5, 5.41) is 11.1. The SMILES string of the molecule is C=c1[nH]n(-c2ccccc2)c(=O)c1=CNNc1nnc(C)c(=O)[nH]1. The van der Waals surface area contributed by atoms with E-state index in [4.69, 9.17) is 0 Å². The molecule has 0 unspecified atom stereocenters. The molecule has 9 heteroatoms. The molecule has 0 aliphatic carbocycles. The van der Waals surface area contributed by atoms with Crippen LogP contribution >= 0.6 is 0 Å². The zero-order valence-corrected chi connectivity index (χ0v) is 12.8. The van der Waals surface area contributed by atoms with Crippen molar-refractivity contribution in [2.45, 2.75) is 6.92 Å². The molecule has 0 saturated heterocycles. The zero-order valence-electron chi connectivity index (χ0n) is 12.8. The molecular formula is C15H15N7O2. The Balaban J connectivity index is 1.87. The summed E-state index contributed by atoms with van der Waals surface area (Å²) in [4.78, 5) is 26.4. The first-order valence-electron chi connectivity index (χ1n) is 7.07. The number of para-hydroxylation sites is 1. The second-order valence-electron chi connectivity index (χ2n) is 4.98. The number of hydrazine groups is 1. The molecule has 2 aromatic heterocycles. The van der Waals surface area contributed by atoms with E-state index in [-0.39, 0.29) is 22.8 Å². The highest BCUT2D eigenvalue weighted by Gasteiger charge is 2.04. The zero-order chi connectivity index (χ0) is 17.1. The summed E-state index contributed by atoms with van der Waals surface area (Å²) in [7, 11) is 0. The van der Waals surface area contributed by atoms with E-state index in [0.717, 1.165) is 0 Å². The fraction of sp³-hybridized carbons (Fsp3) is 0.0667. The summed E-state index contributed by atoms with van der Waals surface area (Å²) >= 11 is 0. The van der Waals surface area contributed by atoms with Gasteiger partial charge in [0, 0.05) is 6.20 Å². The lowest BCUT2D eigenvalue weighted by atomic mass is 10.3. The number of aromatic nitrogens is 5. The van der Waals surface area contributed by atoms with Crippen molar-refractivity contribution in [1.29, 1.82) is 0 Å². The van der Waals surface area contributed by atoms with Gasteiger partial charge in [0.05, 0.1) is 16.3 Å². The molecule has 0 saturated carbocycles. The minimum Gasteiger partial charge on any atom is -0.305 e. The first kappa shape index (κ1) is 15.3. The average Bonchev–Trinajstić information content (AvgIpc) is 2.87. The van der Waals surface area contributed by atoms with E-state index >= 15 is 0 Å². The summed E-state index contributed by atoms with van der Waals surface area (Å²) < 4.78 is 1.39. The molecule has 0 aliphatic rings. The topological polar surface area (TPSA) is 120 Å². The Hall–Kier alpha value is -3.62. The second kappa shape index (κ2) is 6.24. The van der Waals surface area contributed by atoms with Gasteiger partial charge in [-0.1, -0.05) is 24.8 Å². The third-order valence-electron chi connectivity index (χ3n) is 3.29. The van der Waals surface area contributed by atoms with E-state index in [0.29, 0.717) is 16.3 Å². The van der Waals surface area contributed by atoms with Crippen LogP contribution in [0.3, 0.4) is 0 Å². The van der Waals surface area contributed by atoms with Crippen molar-refractivity contribution in [2.24, 2.45) is 0 Å². The van der Waals surface area contributed by atoms with Crippen molar-refractivity contribution in [2.75, 3.05) is 5.43 Å². The molecule has 24 heavy (non-hydrogen) atoms. The lowest BCUT2D eigenvalue weighted by Crippen LogP contribution is -2.37. The molecule has 122 valence electrons. The molecule has 1 aromatic carbocycles. The van der Waals surface area contributed by atoms with Gasteiger partial charge in [-0.3, -0.25) is 25.1 Å². The van der Waals surface area contributed by atoms with Crippen molar-refractivity contribution in [3.05, 3.63) is 67.3 Å². The third-order valence-corrected chi connectivity index (χ3v) is 3.29. The smallest absolute Gasteiger partial charge is 0.280 e. The van der Waals surface area contributed by atoms with Gasteiger partial charge >= 0.3 is 0 Å². The van der Waals surface area contributed by atoms with Gasteiger partial charge in [0.15, 0.2) is 0 Å². The van der Waals surface area contributed by atoms with Gasteiger partial charge in [-0.2, -0.15) is 0 Å². The Morgan fingerprint density at radius 2 is 1.96 bits per heavy atom. The molecule has 3 rings (SSSR count). The Labute approximate surface area is 135 Å². The van der Waals surface area contributed by atoms with Crippen molar-refractivity contribution >= 4 is 18.7 Å². The molecule has 0 radical (unpaired) electrons. The van der Waals surface area contributed by atoms with Crippen LogP contribution in [0.25, 0.3) is 18.5 Å². The largest absolute Gasteiger partial charge is 0.305 e. The van der Waals surface area contributed by atoms with Gasteiger partial charge in [0.1, 0.15) is 5.69 Å². The van der Waals surface area contributed by atoms with Gasteiger partial charge in [0.25, 0.3) is 11.1 Å². The summed E-state index contributed by atoms with van der Waals surface area (Å²) in [6, 6.07) is 9.14. The predicted octanol–water partition coefficient (Wildman–Crippen LogP) is -1.28. The number of aryl methyl sites for hydroxylation is 1. The number of nitrogens with one attached hydrogen (secondary N) is 4. The number of anilines is 1. The molecule has 2 heterocycles. The van der Waals surface area contributed by atoms with Crippen LogP contribution in [0.4, 0.5) is 5.95 Å². The van der Waals surface area contributed by atoms with Gasteiger partial charge in [-0.15, -0.1) is 10.2 Å². The average molecular weight is 325 g/mol. The maximum atomic E-state index is 12.4. The van der Waals surface area contributed by atoms with E-state index in [1.807, 2.05) is 18.2 Å². The molecule has 0 bridgehead atoms. The highest BCUT2D eigenvalue weighted by Crippen LogP contribution is 1.99. The first-order valence-corrected chi connectivity index (χ1v) is 7.07. The lowest BCUT2D eigenvalue weighted by Gasteiger charge is -2.02. The van der Waals surface area contributed by atoms with Crippen LogP contribution in [-0.2, 0) is 0 Å². The number of hydrogen-bond donors (Lipinski definition) is 4. The summed E-state index contributed by atoms with van der Waals surface area (Å²) in [5.41, 5.74) is 5.69. The predicted molar refractivity (Wildman–Crippen MR) is 89.8 cm³/mol. The van der Waals surface area contributed by atoms with Crippen LogP contribution in [0.2, 0.25) is 0 Å². The van der Waals surface area contributed by atoms with Crippen molar-refractivity contribution in [3.63, 3.8) is 0 Å². The minimum atomic E-state index is -0.347. The summed E-state index contributed by atoms with van der Waals surface area (Å²) in [6.07, 6.45) is 1.43. The second-order valence-corrected chi connectivity index (χ2v) is 4.98. The monoisotopic (exact) mass is 325 g/mol. The molecule has 4 N–H and O–H groups in total. The number of benzene rings is 1. The van der Waals surface area contributed by atoms with Crippen molar-refractivity contribution in [3.8, 4) is 5.69 Å². The number of hydrogen-bond acceptors (Lipinski definition) is 6. The van der Waals surface area contributed by atoms with E-state index in [1.54, 1.807) is 19.1 Å². The van der Waals surface area contributed by atoms with Crippen LogP contribution < -0.4 is 32.5 Å². The van der Waals surface area contributed by atoms with Crippen LogP contribution in [0, 0.1) is 6.92 Å². The Bertz CT molecular complexity index is 1080. The van der Waals surface area contributed by atoms with E-state index < -0.39 is 0 Å². The molecule has 0 atom stereocenters. The number of H-pyrrole nitrogens is 2. The maximum Gasteiger partial charge on any atom is 0.280 e. The fourth-order valence-electron chi connectivity index (χ4n) is 2.03. The van der Waals surface area contributed by atoms with Crippen LogP contribution in [0.1, 0.15) is 5.69 Å². The maximum absolute atomic E-state index is 12.4. The molecular weight excluding hydrogens is 310 g/mol. The fourth-order valence-corrected chi connectivity index (χ4v) is 2.03. The Morgan fingerprint density at radius 1 is 1.21 bits per heavy atom. The number of nitrogens with zero attached hydrogens (tertiary/aromatic N) is 3. The third kappa shape index (κ3) is 2.95. The van der Waals surface area contributed by atoms with E-state index in [9.17, 15) is 9.59 Å². The Morgan fingerprint density at radius 3 is 2.67 bits per heavy atom. The van der Waals surface area contributed by atoms with Gasteiger partial charge < -0.3 is 5.43 Å². The van der Waals surface area contributed by atoms with Crippen molar-refractivity contribution in [1.82, 2.24) is 30.4 Å². The lowest BCUT2D eigenvalue weighted by molar-refractivity contribution is 0.838. The summed E-state index contributed by atoms with van der Waals surface area (Å²) in [6.45, 7) is 5.37. The van der Waals surface area contributed by atoms with Crippen LogP contribution in [-0.4, -0.2) is 25.0 Å². The Kier molecular flexibility index (Phi) is 3.98. The normalized spacial score (nSPS) is 11.5. The molecule has 3 aromatic rings. The van der Waals surface area contributed by atoms with Gasteiger partial charge in [-0.25, -0.2) is 4.68 Å². The van der Waals surface area contributed by atoms with Crippen LogP contribution in [0.15, 0.2) is 39.9 Å². The van der Waals surface area contributed by atoms with Gasteiger partial charge in [0.2, 0.25) is 5.95 Å². The highest BCUT2D eigenvalue weighted by molar-refractivity contribution is 5.33. The van der Waals surface area contributed by atoms with Gasteiger partial charge in [-0.05, 0) is 19.1 Å². The molecule has 0 amide bonds. The molecule has 0 fully saturated rings. The summed E-state index contributed by atoms with van der Waals surface area (Å²) in [5.74, 6) is 0.131. The van der Waals surface area contributed by atoms with Crippen LogP contribution in [0.5, 0.6) is 0 Å². The molecule has 0 aliphatic heterocycles.